The number of anilines is 1. The number of hydrogen-bond donors (Lipinski definition) is 3. The van der Waals surface area contributed by atoms with Crippen LogP contribution < -0.4 is 5.32 Å². The first kappa shape index (κ1) is 19.9. The highest BCUT2D eigenvalue weighted by Crippen LogP contribution is 2.37. The molecule has 13 heteroatoms. The Morgan fingerprint density at radius 3 is 2.62 bits per heavy atom. The van der Waals surface area contributed by atoms with E-state index in [4.69, 9.17) is 33.0 Å². The molecule has 0 bridgehead atoms. The van der Waals surface area contributed by atoms with Gasteiger partial charge < -0.3 is 15.1 Å². The highest BCUT2D eigenvalue weighted by Gasteiger charge is 2.24. The number of amides is 1. The van der Waals surface area contributed by atoms with Gasteiger partial charge in [-0.3, -0.25) is 9.32 Å². The molecule has 0 atom stereocenters. The first-order valence-corrected chi connectivity index (χ1v) is 9.84. The van der Waals surface area contributed by atoms with Crippen LogP contribution in [0.5, 0.6) is 0 Å². The standard InChI is InChI=1S/C11H8Br2Cl2N3O5P/c12-8-9(18(17-10(8)13)4-23-24(20,21)22)11(19)16-7-2-1-5(14)3-6(7)15/h1-3H,4H2,(H,16,19)(H2,20,21,22). The number of carbonyl (C=O) groups is 1. The second-order valence-electron chi connectivity index (χ2n) is 4.28. The molecule has 8 nitrogen and oxygen atoms in total. The second-order valence-corrected chi connectivity index (χ2v) is 7.91. The molecule has 0 aliphatic rings. The number of nitrogens with zero attached hydrogens (tertiary/aromatic N) is 2. The summed E-state index contributed by atoms with van der Waals surface area (Å²) in [4.78, 5) is 30.0. The lowest BCUT2D eigenvalue weighted by Crippen LogP contribution is -2.19. The van der Waals surface area contributed by atoms with E-state index >= 15 is 0 Å². The molecule has 1 heterocycles. The van der Waals surface area contributed by atoms with E-state index in [9.17, 15) is 9.36 Å². The fourth-order valence-electron chi connectivity index (χ4n) is 1.62. The third kappa shape index (κ3) is 5.03. The first-order valence-electron chi connectivity index (χ1n) is 5.97. The Bertz CT molecular complexity index is 841. The summed E-state index contributed by atoms with van der Waals surface area (Å²) in [6, 6.07) is 4.51. The van der Waals surface area contributed by atoms with Crippen LogP contribution in [0.1, 0.15) is 10.5 Å². The number of phosphoric ester groups is 1. The number of aromatic nitrogens is 2. The van der Waals surface area contributed by atoms with Crippen LogP contribution in [0.3, 0.4) is 0 Å². The van der Waals surface area contributed by atoms with Gasteiger partial charge in [0, 0.05) is 5.02 Å². The zero-order valence-electron chi connectivity index (χ0n) is 11.4. The van der Waals surface area contributed by atoms with Crippen molar-refractivity contribution in [3.05, 3.63) is 43.0 Å². The van der Waals surface area contributed by atoms with Crippen LogP contribution in [0.25, 0.3) is 0 Å². The average molecular weight is 524 g/mol. The minimum atomic E-state index is -4.73. The maximum absolute atomic E-state index is 12.5. The Kier molecular flexibility index (Phi) is 6.49. The van der Waals surface area contributed by atoms with Crippen molar-refractivity contribution < 1.29 is 23.7 Å². The van der Waals surface area contributed by atoms with E-state index in [1.807, 2.05) is 0 Å². The van der Waals surface area contributed by atoms with Gasteiger partial charge in [-0.05, 0) is 50.1 Å². The van der Waals surface area contributed by atoms with Crippen molar-refractivity contribution in [2.24, 2.45) is 0 Å². The summed E-state index contributed by atoms with van der Waals surface area (Å²) >= 11 is 18.1. The minimum absolute atomic E-state index is 0.0265. The summed E-state index contributed by atoms with van der Waals surface area (Å²) in [5.74, 6) is -0.626. The van der Waals surface area contributed by atoms with Crippen LogP contribution in [0.4, 0.5) is 5.69 Å². The summed E-state index contributed by atoms with van der Waals surface area (Å²) in [7, 11) is -4.73. The van der Waals surface area contributed by atoms with E-state index in [2.05, 4.69) is 46.8 Å². The first-order chi connectivity index (χ1) is 11.1. The van der Waals surface area contributed by atoms with Gasteiger partial charge in [-0.15, -0.1) is 0 Å². The van der Waals surface area contributed by atoms with Crippen molar-refractivity contribution in [3.63, 3.8) is 0 Å². The van der Waals surface area contributed by atoms with Gasteiger partial charge in [0.2, 0.25) is 0 Å². The molecule has 2 aromatic rings. The zero-order chi connectivity index (χ0) is 18.1. The molecule has 0 saturated carbocycles. The van der Waals surface area contributed by atoms with Crippen molar-refractivity contribution in [2.75, 3.05) is 5.32 Å². The Morgan fingerprint density at radius 1 is 1.38 bits per heavy atom. The van der Waals surface area contributed by atoms with Gasteiger partial charge in [-0.25, -0.2) is 9.25 Å². The van der Waals surface area contributed by atoms with Crippen LogP contribution in [0, 0.1) is 0 Å². The highest BCUT2D eigenvalue weighted by atomic mass is 79.9. The van der Waals surface area contributed by atoms with Crippen LogP contribution in [0.2, 0.25) is 10.0 Å². The minimum Gasteiger partial charge on any atom is -0.319 e. The van der Waals surface area contributed by atoms with Gasteiger partial charge >= 0.3 is 7.82 Å². The predicted octanol–water partition coefficient (Wildman–Crippen LogP) is 4.03. The molecule has 2 rings (SSSR count). The van der Waals surface area contributed by atoms with Crippen LogP contribution in [0.15, 0.2) is 27.3 Å². The van der Waals surface area contributed by atoms with Crippen LogP contribution in [-0.2, 0) is 15.8 Å². The van der Waals surface area contributed by atoms with Crippen molar-refractivity contribution in [3.8, 4) is 0 Å². The topological polar surface area (TPSA) is 114 Å². The highest BCUT2D eigenvalue weighted by molar-refractivity contribution is 9.13. The SMILES string of the molecule is O=C(Nc1ccc(Cl)cc1Cl)c1c(Br)c(Br)nn1COP(=O)(O)O. The molecule has 3 N–H and O–H groups in total. The van der Waals surface area contributed by atoms with Gasteiger partial charge in [0.25, 0.3) is 5.91 Å². The number of carbonyl (C=O) groups excluding carboxylic acids is 1. The number of phosphoric acid groups is 1. The van der Waals surface area contributed by atoms with Gasteiger partial charge in [0.15, 0.2) is 6.73 Å². The molecule has 0 spiro atoms. The number of rotatable bonds is 5. The molecule has 0 radical (unpaired) electrons. The van der Waals surface area contributed by atoms with Gasteiger partial charge in [0.05, 0.1) is 15.2 Å². The molecule has 0 saturated heterocycles. The largest absolute Gasteiger partial charge is 0.471 e. The van der Waals surface area contributed by atoms with E-state index in [0.29, 0.717) is 10.7 Å². The quantitative estimate of drug-likeness (QED) is 0.510. The van der Waals surface area contributed by atoms with Crippen LogP contribution in [-0.4, -0.2) is 25.5 Å². The number of hydrogen-bond acceptors (Lipinski definition) is 4. The normalized spacial score (nSPS) is 11.6. The van der Waals surface area contributed by atoms with E-state index in [-0.39, 0.29) is 19.8 Å². The van der Waals surface area contributed by atoms with E-state index in [1.54, 1.807) is 6.07 Å². The van der Waals surface area contributed by atoms with E-state index < -0.39 is 20.5 Å². The fourth-order valence-corrected chi connectivity index (χ4v) is 3.18. The summed E-state index contributed by atoms with van der Waals surface area (Å²) in [5, 5.41) is 7.10. The Labute approximate surface area is 162 Å². The van der Waals surface area contributed by atoms with Crippen molar-refractivity contribution in [2.45, 2.75) is 6.73 Å². The molecule has 0 aliphatic heterocycles. The number of nitrogens with one attached hydrogen (secondary N) is 1. The average Bonchev–Trinajstić information content (AvgIpc) is 2.74. The van der Waals surface area contributed by atoms with Crippen LogP contribution >= 0.6 is 62.9 Å². The van der Waals surface area contributed by atoms with Crippen molar-refractivity contribution in [1.29, 1.82) is 0 Å². The lowest BCUT2D eigenvalue weighted by atomic mass is 10.3. The van der Waals surface area contributed by atoms with E-state index in [1.165, 1.54) is 12.1 Å². The molecule has 0 fully saturated rings. The maximum Gasteiger partial charge on any atom is 0.471 e. The second kappa shape index (κ2) is 7.84. The monoisotopic (exact) mass is 521 g/mol. The molecule has 0 unspecified atom stereocenters. The Balaban J connectivity index is 2.29. The summed E-state index contributed by atoms with van der Waals surface area (Å²) in [6.45, 7) is -0.633. The molecular formula is C11H8Br2Cl2N3O5P. The number of halogens is 4. The molecule has 130 valence electrons. The molecule has 1 aromatic carbocycles. The summed E-state index contributed by atoms with van der Waals surface area (Å²) in [6.07, 6.45) is 0. The third-order valence-corrected chi connectivity index (χ3v) is 5.44. The molecular weight excluding hydrogens is 516 g/mol. The lowest BCUT2D eigenvalue weighted by molar-refractivity contribution is 0.0986. The van der Waals surface area contributed by atoms with Crippen molar-refractivity contribution >= 4 is 74.5 Å². The summed E-state index contributed by atoms with van der Waals surface area (Å²) < 4.78 is 16.7. The fraction of sp³-hybridized carbons (Fsp3) is 0.0909. The number of benzene rings is 1. The smallest absolute Gasteiger partial charge is 0.319 e. The maximum atomic E-state index is 12.5. The van der Waals surface area contributed by atoms with Gasteiger partial charge in [0.1, 0.15) is 10.3 Å². The zero-order valence-corrected chi connectivity index (χ0v) is 17.0. The Hall–Kier alpha value is -0.450. The van der Waals surface area contributed by atoms with Gasteiger partial charge in [-0.2, -0.15) is 5.10 Å². The lowest BCUT2D eigenvalue weighted by Gasteiger charge is -2.11. The Morgan fingerprint density at radius 2 is 2.04 bits per heavy atom. The predicted molar refractivity (Wildman–Crippen MR) is 95.2 cm³/mol. The molecule has 24 heavy (non-hydrogen) atoms. The summed E-state index contributed by atoms with van der Waals surface area (Å²) in [5.41, 5.74) is 0.277. The van der Waals surface area contributed by atoms with Gasteiger partial charge in [-0.1, -0.05) is 23.2 Å². The molecule has 1 amide bonds. The molecule has 0 aliphatic carbocycles. The van der Waals surface area contributed by atoms with Crippen molar-refractivity contribution in [1.82, 2.24) is 9.78 Å². The third-order valence-electron chi connectivity index (χ3n) is 2.60. The molecule has 1 aromatic heterocycles. The van der Waals surface area contributed by atoms with E-state index in [0.717, 1.165) is 4.68 Å².